The molecule has 0 bridgehead atoms. The molecule has 0 saturated carbocycles. The third-order valence-corrected chi connectivity index (χ3v) is 5.13. The SMILES string of the molecule is C=Cc1ccc(-c2ccc(C(=O)NCC(C)C)nc2C=O)c(CNc2ccc(C(=N)N)cn2)c1. The third kappa shape index (κ3) is 5.92. The number of pyridine rings is 2. The number of aromatic nitrogens is 2. The molecule has 0 saturated heterocycles. The molecule has 0 spiro atoms. The molecule has 174 valence electrons. The van der Waals surface area contributed by atoms with Gasteiger partial charge in [-0.1, -0.05) is 38.6 Å². The lowest BCUT2D eigenvalue weighted by molar-refractivity contribution is 0.0944. The maximum Gasteiger partial charge on any atom is 0.269 e. The van der Waals surface area contributed by atoms with Crippen molar-refractivity contribution in [3.05, 3.63) is 83.3 Å². The van der Waals surface area contributed by atoms with Crippen LogP contribution in [-0.2, 0) is 6.54 Å². The van der Waals surface area contributed by atoms with E-state index in [1.165, 1.54) is 6.20 Å². The molecule has 0 unspecified atom stereocenters. The smallest absolute Gasteiger partial charge is 0.269 e. The molecular weight excluding hydrogens is 428 g/mol. The zero-order valence-electron chi connectivity index (χ0n) is 19.3. The van der Waals surface area contributed by atoms with Crippen LogP contribution < -0.4 is 16.4 Å². The van der Waals surface area contributed by atoms with Gasteiger partial charge in [-0.05, 0) is 52.9 Å². The average Bonchev–Trinajstić information content (AvgIpc) is 2.85. The number of amides is 1. The summed E-state index contributed by atoms with van der Waals surface area (Å²) in [5.41, 5.74) is 9.67. The predicted molar refractivity (Wildman–Crippen MR) is 135 cm³/mol. The molecule has 2 aromatic heterocycles. The number of hydrogen-bond acceptors (Lipinski definition) is 6. The summed E-state index contributed by atoms with van der Waals surface area (Å²) < 4.78 is 0. The molecule has 8 nitrogen and oxygen atoms in total. The molecule has 1 aromatic carbocycles. The van der Waals surface area contributed by atoms with Gasteiger partial charge in [0.2, 0.25) is 0 Å². The van der Waals surface area contributed by atoms with E-state index in [1.807, 2.05) is 32.0 Å². The van der Waals surface area contributed by atoms with Crippen molar-refractivity contribution in [2.75, 3.05) is 11.9 Å². The number of nitrogens with zero attached hydrogens (tertiary/aromatic N) is 2. The van der Waals surface area contributed by atoms with E-state index in [4.69, 9.17) is 11.1 Å². The summed E-state index contributed by atoms with van der Waals surface area (Å²) in [4.78, 5) is 32.9. The number of nitrogen functional groups attached to an aromatic ring is 1. The van der Waals surface area contributed by atoms with Gasteiger partial charge < -0.3 is 16.4 Å². The average molecular weight is 457 g/mol. The number of amidine groups is 1. The Balaban J connectivity index is 1.91. The van der Waals surface area contributed by atoms with Crippen LogP contribution in [0.15, 0.2) is 55.2 Å². The van der Waals surface area contributed by atoms with Crippen LogP contribution in [0.2, 0.25) is 0 Å². The minimum absolute atomic E-state index is 0.0461. The summed E-state index contributed by atoms with van der Waals surface area (Å²) in [6.07, 6.45) is 3.94. The summed E-state index contributed by atoms with van der Waals surface area (Å²) >= 11 is 0. The Kier molecular flexibility index (Phi) is 7.87. The van der Waals surface area contributed by atoms with Crippen LogP contribution >= 0.6 is 0 Å². The van der Waals surface area contributed by atoms with E-state index >= 15 is 0 Å². The molecule has 0 radical (unpaired) electrons. The standard InChI is InChI=1S/C26H28N6O2/c1-4-17-5-7-20(19(11-17)14-30-24-10-6-18(13-29-24)25(27)28)21-8-9-22(32-23(21)15-33)26(34)31-12-16(2)3/h4-11,13,15-16H,1,12,14H2,2-3H3,(H3,27,28)(H,29,30)(H,31,34). The lowest BCUT2D eigenvalue weighted by Gasteiger charge is -2.15. The van der Waals surface area contributed by atoms with Crippen LogP contribution in [0.4, 0.5) is 5.82 Å². The van der Waals surface area contributed by atoms with Crippen LogP contribution in [0.5, 0.6) is 0 Å². The Morgan fingerprint density at radius 1 is 1.18 bits per heavy atom. The van der Waals surface area contributed by atoms with Gasteiger partial charge in [-0.2, -0.15) is 0 Å². The molecule has 2 heterocycles. The summed E-state index contributed by atoms with van der Waals surface area (Å²) in [6.45, 7) is 8.78. The maximum absolute atomic E-state index is 12.4. The van der Waals surface area contributed by atoms with Gasteiger partial charge in [0, 0.05) is 30.4 Å². The minimum Gasteiger partial charge on any atom is -0.384 e. The molecule has 3 aromatic rings. The van der Waals surface area contributed by atoms with E-state index in [2.05, 4.69) is 27.2 Å². The van der Waals surface area contributed by atoms with Crippen molar-refractivity contribution in [3.63, 3.8) is 0 Å². The Hall–Kier alpha value is -4.33. The van der Waals surface area contributed by atoms with Crippen LogP contribution in [0.3, 0.4) is 0 Å². The monoisotopic (exact) mass is 456 g/mol. The number of benzene rings is 1. The molecule has 0 aliphatic carbocycles. The van der Waals surface area contributed by atoms with Crippen molar-refractivity contribution in [2.45, 2.75) is 20.4 Å². The molecule has 5 N–H and O–H groups in total. The van der Waals surface area contributed by atoms with Gasteiger partial charge in [-0.3, -0.25) is 15.0 Å². The Morgan fingerprint density at radius 2 is 1.94 bits per heavy atom. The van der Waals surface area contributed by atoms with Gasteiger partial charge in [0.15, 0.2) is 6.29 Å². The lowest BCUT2D eigenvalue weighted by atomic mass is 9.96. The fraction of sp³-hybridized carbons (Fsp3) is 0.192. The fourth-order valence-electron chi connectivity index (χ4n) is 3.30. The predicted octanol–water partition coefficient (Wildman–Crippen LogP) is 3.88. The summed E-state index contributed by atoms with van der Waals surface area (Å²) in [6, 6.07) is 12.6. The fourth-order valence-corrected chi connectivity index (χ4v) is 3.30. The second-order valence-corrected chi connectivity index (χ2v) is 8.17. The minimum atomic E-state index is -0.313. The van der Waals surface area contributed by atoms with E-state index in [-0.39, 0.29) is 23.1 Å². The molecule has 0 aliphatic heterocycles. The van der Waals surface area contributed by atoms with Gasteiger partial charge in [-0.15, -0.1) is 0 Å². The topological polar surface area (TPSA) is 134 Å². The van der Waals surface area contributed by atoms with Crippen molar-refractivity contribution < 1.29 is 9.59 Å². The zero-order chi connectivity index (χ0) is 24.7. The van der Waals surface area contributed by atoms with Gasteiger partial charge in [0.25, 0.3) is 5.91 Å². The van der Waals surface area contributed by atoms with Gasteiger partial charge in [0.05, 0.1) is 0 Å². The molecule has 0 fully saturated rings. The van der Waals surface area contributed by atoms with Crippen LogP contribution in [-0.4, -0.2) is 34.5 Å². The molecule has 34 heavy (non-hydrogen) atoms. The second-order valence-electron chi connectivity index (χ2n) is 8.17. The van der Waals surface area contributed by atoms with E-state index in [0.717, 1.165) is 16.7 Å². The van der Waals surface area contributed by atoms with Gasteiger partial charge in [0.1, 0.15) is 23.0 Å². The van der Waals surface area contributed by atoms with Crippen molar-refractivity contribution in [2.24, 2.45) is 11.7 Å². The second kappa shape index (κ2) is 11.0. The molecule has 8 heteroatoms. The van der Waals surface area contributed by atoms with E-state index in [1.54, 1.807) is 30.3 Å². The Bertz CT molecular complexity index is 1220. The first-order valence-electron chi connectivity index (χ1n) is 10.9. The lowest BCUT2D eigenvalue weighted by Crippen LogP contribution is -2.28. The molecule has 0 aliphatic rings. The quantitative estimate of drug-likeness (QED) is 0.208. The first kappa shape index (κ1) is 24.3. The highest BCUT2D eigenvalue weighted by Gasteiger charge is 2.15. The van der Waals surface area contributed by atoms with E-state index in [0.29, 0.717) is 42.2 Å². The Morgan fingerprint density at radius 3 is 2.56 bits per heavy atom. The molecule has 3 rings (SSSR count). The highest BCUT2D eigenvalue weighted by Crippen LogP contribution is 2.28. The maximum atomic E-state index is 12.4. The number of nitrogens with one attached hydrogen (secondary N) is 3. The van der Waals surface area contributed by atoms with Crippen molar-refractivity contribution in [1.29, 1.82) is 5.41 Å². The number of carbonyl (C=O) groups excluding carboxylic acids is 2. The largest absolute Gasteiger partial charge is 0.384 e. The summed E-state index contributed by atoms with van der Waals surface area (Å²) in [5.74, 6) is 0.564. The molecule has 0 atom stereocenters. The Labute approximate surface area is 198 Å². The van der Waals surface area contributed by atoms with E-state index in [9.17, 15) is 9.59 Å². The number of hydrogen-bond donors (Lipinski definition) is 4. The first-order valence-corrected chi connectivity index (χ1v) is 10.9. The van der Waals surface area contributed by atoms with Crippen LogP contribution in [0, 0.1) is 11.3 Å². The summed E-state index contributed by atoms with van der Waals surface area (Å²) in [5, 5.41) is 13.6. The highest BCUT2D eigenvalue weighted by molar-refractivity contribution is 5.95. The normalized spacial score (nSPS) is 10.6. The zero-order valence-corrected chi connectivity index (χ0v) is 19.3. The van der Waals surface area contributed by atoms with Crippen molar-refractivity contribution >= 4 is 29.9 Å². The first-order chi connectivity index (χ1) is 16.3. The van der Waals surface area contributed by atoms with Gasteiger partial charge in [-0.25, -0.2) is 9.97 Å². The molecule has 1 amide bonds. The number of carbonyl (C=O) groups is 2. The summed E-state index contributed by atoms with van der Waals surface area (Å²) in [7, 11) is 0. The van der Waals surface area contributed by atoms with Crippen LogP contribution in [0.25, 0.3) is 17.2 Å². The number of anilines is 1. The molecular formula is C26H28N6O2. The highest BCUT2D eigenvalue weighted by atomic mass is 16.2. The third-order valence-electron chi connectivity index (χ3n) is 5.13. The van der Waals surface area contributed by atoms with E-state index < -0.39 is 0 Å². The number of aldehydes is 1. The van der Waals surface area contributed by atoms with Crippen molar-refractivity contribution in [1.82, 2.24) is 15.3 Å². The van der Waals surface area contributed by atoms with Gasteiger partial charge >= 0.3 is 0 Å². The number of rotatable bonds is 10. The van der Waals surface area contributed by atoms with Crippen LogP contribution in [0.1, 0.15) is 51.5 Å². The number of nitrogens with two attached hydrogens (primary N) is 1. The van der Waals surface area contributed by atoms with Crippen molar-refractivity contribution in [3.8, 4) is 11.1 Å².